The van der Waals surface area contributed by atoms with Crippen LogP contribution in [0.15, 0.2) is 19.8 Å². The van der Waals surface area contributed by atoms with E-state index in [-0.39, 0.29) is 0 Å². The molecule has 1 rings (SSSR count). The second kappa shape index (κ2) is 2.23. The fourth-order valence-corrected chi connectivity index (χ4v) is 1.32. The van der Waals surface area contributed by atoms with E-state index in [0.717, 1.165) is 5.56 Å². The van der Waals surface area contributed by atoms with Crippen molar-refractivity contribution >= 4 is 31.9 Å². The Morgan fingerprint density at radius 2 is 2.12 bits per heavy atom. The fraction of sp³-hybridized carbons (Fsp3) is 0. The molecule has 1 radical (unpaired) electrons. The van der Waals surface area contributed by atoms with Gasteiger partial charge in [-0.25, -0.2) is 0 Å². The molecule has 0 aliphatic rings. The van der Waals surface area contributed by atoms with Gasteiger partial charge in [-0.15, -0.1) is 0 Å². The number of hydrogen-bond donors (Lipinski definition) is 0. The van der Waals surface area contributed by atoms with Gasteiger partial charge in [-0.2, -0.15) is 0 Å². The molecular weight excluding hydrogens is 236 g/mol. The van der Waals surface area contributed by atoms with Gasteiger partial charge in [0.15, 0.2) is 9.34 Å². The molecule has 0 saturated heterocycles. The van der Waals surface area contributed by atoms with Gasteiger partial charge in [0.05, 0.1) is 0 Å². The molecule has 1 heterocycles. The van der Waals surface area contributed by atoms with Crippen molar-refractivity contribution in [2.24, 2.45) is 0 Å². The lowest BCUT2D eigenvalue weighted by Crippen LogP contribution is -1.56. The third-order valence-electron chi connectivity index (χ3n) is 0.727. The van der Waals surface area contributed by atoms with Crippen molar-refractivity contribution in [3.05, 3.63) is 27.9 Å². The summed E-state index contributed by atoms with van der Waals surface area (Å²) in [7, 11) is 0. The van der Waals surface area contributed by atoms with Gasteiger partial charge in [-0.3, -0.25) is 0 Å². The van der Waals surface area contributed by atoms with Crippen LogP contribution in [0, 0.1) is 6.92 Å². The van der Waals surface area contributed by atoms with Crippen LogP contribution in [0.25, 0.3) is 0 Å². The van der Waals surface area contributed by atoms with Crippen LogP contribution in [0.4, 0.5) is 0 Å². The first-order valence-electron chi connectivity index (χ1n) is 1.97. The van der Waals surface area contributed by atoms with E-state index >= 15 is 0 Å². The molecule has 0 amide bonds. The zero-order valence-corrected chi connectivity index (χ0v) is 7.12. The highest BCUT2D eigenvalue weighted by Crippen LogP contribution is 2.23. The SMILES string of the molecule is [CH2]c1cc(Br)oc1Br. The summed E-state index contributed by atoms with van der Waals surface area (Å²) in [6.45, 7) is 3.67. The Bertz CT molecular complexity index is 173. The smallest absolute Gasteiger partial charge is 0.173 e. The van der Waals surface area contributed by atoms with Crippen LogP contribution in [-0.2, 0) is 0 Å². The van der Waals surface area contributed by atoms with E-state index in [9.17, 15) is 0 Å². The summed E-state index contributed by atoms with van der Waals surface area (Å²) in [5, 5.41) is 0. The molecule has 0 fully saturated rings. The van der Waals surface area contributed by atoms with Crippen LogP contribution in [0.1, 0.15) is 5.56 Å². The molecule has 0 bridgehead atoms. The lowest BCUT2D eigenvalue weighted by atomic mass is 10.4. The minimum Gasteiger partial charge on any atom is -0.442 e. The topological polar surface area (TPSA) is 13.1 Å². The van der Waals surface area contributed by atoms with Gasteiger partial charge in [0, 0.05) is 5.56 Å². The van der Waals surface area contributed by atoms with E-state index in [1.165, 1.54) is 0 Å². The van der Waals surface area contributed by atoms with E-state index in [1.807, 2.05) is 0 Å². The summed E-state index contributed by atoms with van der Waals surface area (Å²) in [6, 6.07) is 1.80. The van der Waals surface area contributed by atoms with Crippen molar-refractivity contribution < 1.29 is 4.42 Å². The monoisotopic (exact) mass is 237 g/mol. The molecule has 1 aromatic heterocycles. The summed E-state index contributed by atoms with van der Waals surface area (Å²) in [6.07, 6.45) is 0. The maximum Gasteiger partial charge on any atom is 0.173 e. The Morgan fingerprint density at radius 3 is 2.25 bits per heavy atom. The van der Waals surface area contributed by atoms with E-state index < -0.39 is 0 Å². The van der Waals surface area contributed by atoms with E-state index in [4.69, 9.17) is 4.42 Å². The average Bonchev–Trinajstić information content (AvgIpc) is 1.85. The molecule has 8 heavy (non-hydrogen) atoms. The second-order valence-electron chi connectivity index (χ2n) is 1.35. The fourth-order valence-electron chi connectivity index (χ4n) is 0.374. The highest BCUT2D eigenvalue weighted by molar-refractivity contribution is 9.11. The molecule has 3 heteroatoms. The molecule has 0 aliphatic carbocycles. The number of furan rings is 1. The predicted molar refractivity (Wildman–Crippen MR) is 38.6 cm³/mol. The van der Waals surface area contributed by atoms with Crippen LogP contribution in [0.5, 0.6) is 0 Å². The number of hydrogen-bond acceptors (Lipinski definition) is 1. The molecule has 0 aliphatic heterocycles. The van der Waals surface area contributed by atoms with Crippen LogP contribution in [0.3, 0.4) is 0 Å². The van der Waals surface area contributed by atoms with Crippen LogP contribution in [-0.4, -0.2) is 0 Å². The van der Waals surface area contributed by atoms with Gasteiger partial charge >= 0.3 is 0 Å². The standard InChI is InChI=1S/C5H3Br2O/c1-3-2-4(6)8-5(3)7/h2H,1H2. The first kappa shape index (κ1) is 6.36. The minimum atomic E-state index is 0.685. The van der Waals surface area contributed by atoms with Crippen LogP contribution < -0.4 is 0 Å². The van der Waals surface area contributed by atoms with Crippen LogP contribution >= 0.6 is 31.9 Å². The molecule has 0 unspecified atom stereocenters. The molecule has 0 aromatic carbocycles. The first-order chi connectivity index (χ1) is 3.70. The highest BCUT2D eigenvalue weighted by Gasteiger charge is 1.99. The maximum absolute atomic E-state index is 4.98. The molecule has 0 spiro atoms. The summed E-state index contributed by atoms with van der Waals surface area (Å²) in [5.74, 6) is 0. The zero-order chi connectivity index (χ0) is 6.15. The van der Waals surface area contributed by atoms with E-state index in [1.54, 1.807) is 6.07 Å². The highest BCUT2D eigenvalue weighted by atomic mass is 79.9. The Balaban J connectivity index is 3.14. The van der Waals surface area contributed by atoms with Crippen molar-refractivity contribution in [3.63, 3.8) is 0 Å². The lowest BCUT2D eigenvalue weighted by Gasteiger charge is -1.76. The Labute approximate surface area is 64.3 Å². The van der Waals surface area contributed by atoms with Gasteiger partial charge in [0.25, 0.3) is 0 Å². The number of rotatable bonds is 0. The Hall–Kier alpha value is 0.240. The van der Waals surface area contributed by atoms with E-state index in [0.29, 0.717) is 9.34 Å². The third kappa shape index (κ3) is 1.14. The van der Waals surface area contributed by atoms with Crippen molar-refractivity contribution in [3.8, 4) is 0 Å². The van der Waals surface area contributed by atoms with Crippen molar-refractivity contribution in [1.29, 1.82) is 0 Å². The lowest BCUT2D eigenvalue weighted by molar-refractivity contribution is 0.515. The normalized spacial score (nSPS) is 9.88. The zero-order valence-electron chi connectivity index (χ0n) is 3.95. The number of halogens is 2. The van der Waals surface area contributed by atoms with Gasteiger partial charge < -0.3 is 4.42 Å². The first-order valence-corrected chi connectivity index (χ1v) is 3.55. The molecule has 1 aromatic rings. The van der Waals surface area contributed by atoms with Gasteiger partial charge in [0.1, 0.15) is 0 Å². The summed E-state index contributed by atoms with van der Waals surface area (Å²) >= 11 is 6.30. The summed E-state index contributed by atoms with van der Waals surface area (Å²) < 4.78 is 6.37. The van der Waals surface area contributed by atoms with Gasteiger partial charge in [-0.1, -0.05) is 0 Å². The average molecular weight is 239 g/mol. The van der Waals surface area contributed by atoms with Gasteiger partial charge in [0.2, 0.25) is 0 Å². The molecule has 1 nitrogen and oxygen atoms in total. The molecule has 0 atom stereocenters. The Kier molecular flexibility index (Phi) is 1.77. The molecule has 0 N–H and O–H groups in total. The van der Waals surface area contributed by atoms with Crippen molar-refractivity contribution in [1.82, 2.24) is 0 Å². The van der Waals surface area contributed by atoms with E-state index in [2.05, 4.69) is 38.8 Å². The quantitative estimate of drug-likeness (QED) is 0.678. The minimum absolute atomic E-state index is 0.685. The largest absolute Gasteiger partial charge is 0.442 e. The van der Waals surface area contributed by atoms with Crippen molar-refractivity contribution in [2.75, 3.05) is 0 Å². The van der Waals surface area contributed by atoms with Crippen LogP contribution in [0.2, 0.25) is 0 Å². The Morgan fingerprint density at radius 1 is 1.50 bits per heavy atom. The van der Waals surface area contributed by atoms with Gasteiger partial charge in [-0.05, 0) is 44.8 Å². The maximum atomic E-state index is 4.98. The third-order valence-corrected chi connectivity index (χ3v) is 1.79. The summed E-state index contributed by atoms with van der Waals surface area (Å²) in [5.41, 5.74) is 0.858. The second-order valence-corrected chi connectivity index (χ2v) is 2.85. The van der Waals surface area contributed by atoms with Crippen molar-refractivity contribution in [2.45, 2.75) is 0 Å². The summed E-state index contributed by atoms with van der Waals surface area (Å²) in [4.78, 5) is 0. The molecule has 43 valence electrons. The molecule has 0 saturated carbocycles. The molecular formula is C5H3Br2O. The predicted octanol–water partition coefficient (Wildman–Crippen LogP) is 2.99.